The topological polar surface area (TPSA) is 70.2 Å². The van der Waals surface area contributed by atoms with Crippen LogP contribution in [-0.2, 0) is 0 Å². The summed E-state index contributed by atoms with van der Waals surface area (Å²) in [6.45, 7) is 0. The molecule has 2 rings (SSSR count). The van der Waals surface area contributed by atoms with Crippen LogP contribution in [0.4, 0.5) is 0 Å². The molecule has 2 aromatic rings. The number of carboxylic acids is 1. The molecule has 2 N–H and O–H groups in total. The van der Waals surface area contributed by atoms with Crippen LogP contribution >= 0.6 is 34.8 Å². The first-order chi connectivity index (χ1) is 8.90. The molecular weight excluding hydrogens is 312 g/mol. The third kappa shape index (κ3) is 2.76. The molecular formula is C12H6Cl3NO3. The first-order valence-corrected chi connectivity index (χ1v) is 6.15. The van der Waals surface area contributed by atoms with Gasteiger partial charge in [-0.15, -0.1) is 0 Å². The van der Waals surface area contributed by atoms with Crippen molar-refractivity contribution in [1.29, 1.82) is 0 Å². The number of hydrogen-bond acceptors (Lipinski definition) is 2. The normalized spacial score (nSPS) is 10.5. The van der Waals surface area contributed by atoms with E-state index < -0.39 is 11.5 Å². The van der Waals surface area contributed by atoms with Crippen LogP contribution in [0.3, 0.4) is 0 Å². The van der Waals surface area contributed by atoms with Gasteiger partial charge in [0.15, 0.2) is 0 Å². The minimum Gasteiger partial charge on any atom is -0.477 e. The van der Waals surface area contributed by atoms with E-state index in [0.29, 0.717) is 5.56 Å². The number of rotatable bonds is 2. The number of H-pyrrole nitrogens is 1. The molecule has 1 aromatic heterocycles. The lowest BCUT2D eigenvalue weighted by molar-refractivity contribution is 0.0691. The Balaban J connectivity index is 2.75. The highest BCUT2D eigenvalue weighted by atomic mass is 35.5. The number of carbonyl (C=O) groups is 1. The summed E-state index contributed by atoms with van der Waals surface area (Å²) in [6.07, 6.45) is 0. The SMILES string of the molecule is O=C(O)c1[nH]c(=O)ccc1-c1cc(Cl)c(Cl)cc1Cl. The second-order valence-corrected chi connectivity index (χ2v) is 4.88. The molecule has 0 aliphatic heterocycles. The number of aromatic carboxylic acids is 1. The van der Waals surface area contributed by atoms with Gasteiger partial charge in [0, 0.05) is 17.2 Å². The van der Waals surface area contributed by atoms with E-state index >= 15 is 0 Å². The first kappa shape index (κ1) is 13.9. The number of halogens is 3. The molecule has 0 bridgehead atoms. The van der Waals surface area contributed by atoms with Crippen LogP contribution in [0.1, 0.15) is 10.5 Å². The largest absolute Gasteiger partial charge is 0.477 e. The highest BCUT2D eigenvalue weighted by molar-refractivity contribution is 6.44. The van der Waals surface area contributed by atoms with E-state index in [1.54, 1.807) is 0 Å². The van der Waals surface area contributed by atoms with E-state index in [9.17, 15) is 9.59 Å². The van der Waals surface area contributed by atoms with Crippen LogP contribution in [0, 0.1) is 0 Å². The van der Waals surface area contributed by atoms with Gasteiger partial charge in [0.25, 0.3) is 0 Å². The zero-order valence-corrected chi connectivity index (χ0v) is 11.5. The Morgan fingerprint density at radius 1 is 1.00 bits per heavy atom. The van der Waals surface area contributed by atoms with Crippen molar-refractivity contribution in [3.8, 4) is 11.1 Å². The van der Waals surface area contributed by atoms with Crippen molar-refractivity contribution in [3.05, 3.63) is 55.4 Å². The average molecular weight is 319 g/mol. The number of carboxylic acid groups (broad SMARTS) is 1. The van der Waals surface area contributed by atoms with Crippen LogP contribution in [0.5, 0.6) is 0 Å². The Hall–Kier alpha value is -1.49. The summed E-state index contributed by atoms with van der Waals surface area (Å²) in [6, 6.07) is 5.44. The Morgan fingerprint density at radius 3 is 2.26 bits per heavy atom. The van der Waals surface area contributed by atoms with Crippen molar-refractivity contribution < 1.29 is 9.90 Å². The molecule has 1 heterocycles. The van der Waals surface area contributed by atoms with Crippen LogP contribution in [0.2, 0.25) is 15.1 Å². The fraction of sp³-hybridized carbons (Fsp3) is 0. The monoisotopic (exact) mass is 317 g/mol. The Morgan fingerprint density at radius 2 is 1.63 bits per heavy atom. The van der Waals surface area contributed by atoms with E-state index in [1.165, 1.54) is 24.3 Å². The van der Waals surface area contributed by atoms with Crippen LogP contribution in [0.15, 0.2) is 29.1 Å². The summed E-state index contributed by atoms with van der Waals surface area (Å²) in [5.74, 6) is -1.27. The van der Waals surface area contributed by atoms with Gasteiger partial charge in [-0.25, -0.2) is 4.79 Å². The lowest BCUT2D eigenvalue weighted by Crippen LogP contribution is -2.13. The highest BCUT2D eigenvalue weighted by Gasteiger charge is 2.16. The van der Waals surface area contributed by atoms with Crippen molar-refractivity contribution in [3.63, 3.8) is 0 Å². The second-order valence-electron chi connectivity index (χ2n) is 3.66. The fourth-order valence-electron chi connectivity index (χ4n) is 1.60. The summed E-state index contributed by atoms with van der Waals surface area (Å²) in [5, 5.41) is 9.83. The molecule has 0 unspecified atom stereocenters. The van der Waals surface area contributed by atoms with Gasteiger partial charge in [0.2, 0.25) is 5.56 Å². The minimum absolute atomic E-state index is 0.239. The lowest BCUT2D eigenvalue weighted by Gasteiger charge is -2.09. The fourth-order valence-corrected chi connectivity index (χ4v) is 2.25. The Bertz CT molecular complexity index is 725. The molecule has 19 heavy (non-hydrogen) atoms. The number of hydrogen-bond donors (Lipinski definition) is 2. The predicted octanol–water partition coefficient (Wildman–Crippen LogP) is 3.70. The first-order valence-electron chi connectivity index (χ1n) is 5.01. The minimum atomic E-state index is -1.27. The maximum absolute atomic E-state index is 11.2. The number of benzene rings is 1. The van der Waals surface area contributed by atoms with Gasteiger partial charge in [-0.05, 0) is 18.2 Å². The number of nitrogens with one attached hydrogen (secondary N) is 1. The van der Waals surface area contributed by atoms with Gasteiger partial charge in [0.1, 0.15) is 5.69 Å². The summed E-state index contributed by atoms with van der Waals surface area (Å²) >= 11 is 17.7. The summed E-state index contributed by atoms with van der Waals surface area (Å²) in [7, 11) is 0. The zero-order chi connectivity index (χ0) is 14.2. The van der Waals surface area contributed by atoms with Crippen molar-refractivity contribution in [2.24, 2.45) is 0 Å². The van der Waals surface area contributed by atoms with Gasteiger partial charge >= 0.3 is 5.97 Å². The molecule has 0 amide bonds. The van der Waals surface area contributed by atoms with E-state index in [4.69, 9.17) is 39.9 Å². The molecule has 0 saturated heterocycles. The summed E-state index contributed by atoms with van der Waals surface area (Å²) in [5.41, 5.74) is -0.134. The van der Waals surface area contributed by atoms with Gasteiger partial charge in [0.05, 0.1) is 15.1 Å². The van der Waals surface area contributed by atoms with Crippen LogP contribution in [0.25, 0.3) is 11.1 Å². The van der Waals surface area contributed by atoms with Gasteiger partial charge in [-0.3, -0.25) is 4.79 Å². The Kier molecular flexibility index (Phi) is 3.85. The van der Waals surface area contributed by atoms with E-state index in [1.807, 2.05) is 0 Å². The third-order valence-corrected chi connectivity index (χ3v) is 3.47. The van der Waals surface area contributed by atoms with E-state index in [2.05, 4.69) is 4.98 Å². The number of aromatic amines is 1. The molecule has 0 aliphatic carbocycles. The molecule has 4 nitrogen and oxygen atoms in total. The third-order valence-electron chi connectivity index (χ3n) is 2.43. The number of aromatic nitrogens is 1. The molecule has 0 spiro atoms. The second kappa shape index (κ2) is 5.25. The van der Waals surface area contributed by atoms with E-state index in [-0.39, 0.29) is 26.3 Å². The van der Waals surface area contributed by atoms with Gasteiger partial charge in [-0.1, -0.05) is 34.8 Å². The zero-order valence-electron chi connectivity index (χ0n) is 9.21. The molecule has 7 heteroatoms. The number of pyridine rings is 1. The maximum Gasteiger partial charge on any atom is 0.353 e. The van der Waals surface area contributed by atoms with Gasteiger partial charge in [-0.2, -0.15) is 0 Å². The summed E-state index contributed by atoms with van der Waals surface area (Å²) < 4.78 is 0. The van der Waals surface area contributed by atoms with Gasteiger partial charge < -0.3 is 10.1 Å². The predicted molar refractivity (Wildman–Crippen MR) is 74.5 cm³/mol. The summed E-state index contributed by atoms with van der Waals surface area (Å²) in [4.78, 5) is 24.6. The standard InChI is InChI=1S/C12H6Cl3NO3/c13-7-4-9(15)8(14)3-6(7)5-1-2-10(17)16-11(5)12(18)19/h1-4H,(H,16,17)(H,18,19). The van der Waals surface area contributed by atoms with Crippen molar-refractivity contribution in [1.82, 2.24) is 4.98 Å². The quantitative estimate of drug-likeness (QED) is 0.829. The molecule has 0 atom stereocenters. The molecule has 0 radical (unpaired) electrons. The average Bonchev–Trinajstić information content (AvgIpc) is 2.34. The Labute approximate surface area is 122 Å². The van der Waals surface area contributed by atoms with Crippen LogP contribution in [-0.4, -0.2) is 16.1 Å². The molecule has 0 saturated carbocycles. The molecule has 0 fully saturated rings. The lowest BCUT2D eigenvalue weighted by atomic mass is 10.0. The maximum atomic E-state index is 11.2. The van der Waals surface area contributed by atoms with E-state index in [0.717, 1.165) is 0 Å². The van der Waals surface area contributed by atoms with Crippen molar-refractivity contribution >= 4 is 40.8 Å². The van der Waals surface area contributed by atoms with Crippen molar-refractivity contribution in [2.45, 2.75) is 0 Å². The highest BCUT2D eigenvalue weighted by Crippen LogP contribution is 2.35. The smallest absolute Gasteiger partial charge is 0.353 e. The molecule has 98 valence electrons. The van der Waals surface area contributed by atoms with Crippen molar-refractivity contribution in [2.75, 3.05) is 0 Å². The van der Waals surface area contributed by atoms with Crippen LogP contribution < -0.4 is 5.56 Å². The molecule has 1 aromatic carbocycles. The molecule has 0 aliphatic rings.